The summed E-state index contributed by atoms with van der Waals surface area (Å²) < 4.78 is 30.0. The van der Waals surface area contributed by atoms with Crippen LogP contribution in [0.3, 0.4) is 0 Å². The van der Waals surface area contributed by atoms with Gasteiger partial charge in [-0.2, -0.15) is 15.2 Å². The highest BCUT2D eigenvalue weighted by Crippen LogP contribution is 2.48. The van der Waals surface area contributed by atoms with E-state index < -0.39 is 22.6 Å². The van der Waals surface area contributed by atoms with Gasteiger partial charge >= 0.3 is 0 Å². The molecular weight excluding hydrogens is 480 g/mol. The third-order valence-electron chi connectivity index (χ3n) is 5.86. The van der Waals surface area contributed by atoms with E-state index in [0.717, 1.165) is 18.3 Å². The maximum absolute atomic E-state index is 14.7. The third-order valence-corrected chi connectivity index (χ3v) is 6.18. The normalized spacial score (nSPS) is 14.0. The molecule has 3 heterocycles. The fraction of sp³-hybridized carbons (Fsp3) is 0.182. The van der Waals surface area contributed by atoms with Gasteiger partial charge in [-0.15, -0.1) is 0 Å². The Morgan fingerprint density at radius 3 is 2.66 bits per heavy atom. The molecule has 0 radical (unpaired) electrons. The second kappa shape index (κ2) is 8.14. The first kappa shape index (κ1) is 22.4. The molecule has 0 atom stereocenters. The molecule has 0 bridgehead atoms. The van der Waals surface area contributed by atoms with Gasteiger partial charge < -0.3 is 16.8 Å². The van der Waals surface area contributed by atoms with Crippen molar-refractivity contribution in [1.82, 2.24) is 24.5 Å². The van der Waals surface area contributed by atoms with Gasteiger partial charge in [0.2, 0.25) is 5.95 Å². The van der Waals surface area contributed by atoms with E-state index in [2.05, 4.69) is 25.3 Å². The monoisotopic (exact) mass is 495 g/mol. The summed E-state index contributed by atoms with van der Waals surface area (Å²) in [7, 11) is 0. The molecule has 4 aromatic rings. The van der Waals surface area contributed by atoms with Crippen molar-refractivity contribution < 1.29 is 8.78 Å². The Morgan fingerprint density at radius 1 is 1.20 bits per heavy atom. The molecular formula is C22H16ClF2N9O. The molecule has 176 valence electrons. The zero-order chi connectivity index (χ0) is 24.9. The van der Waals surface area contributed by atoms with Crippen molar-refractivity contribution in [3.63, 3.8) is 0 Å². The number of anilines is 3. The Bertz CT molecular complexity index is 1610. The van der Waals surface area contributed by atoms with E-state index in [0.29, 0.717) is 12.8 Å². The van der Waals surface area contributed by atoms with E-state index >= 15 is 0 Å². The van der Waals surface area contributed by atoms with Crippen LogP contribution in [0.4, 0.5) is 26.4 Å². The van der Waals surface area contributed by atoms with Gasteiger partial charge in [0.15, 0.2) is 5.82 Å². The van der Waals surface area contributed by atoms with E-state index in [1.54, 1.807) is 0 Å². The van der Waals surface area contributed by atoms with Crippen molar-refractivity contribution in [3.8, 4) is 11.8 Å². The van der Waals surface area contributed by atoms with E-state index in [-0.39, 0.29) is 57.1 Å². The minimum absolute atomic E-state index is 0.00557. The summed E-state index contributed by atoms with van der Waals surface area (Å²) >= 11 is 6.22. The molecule has 1 aliphatic carbocycles. The Labute approximate surface area is 201 Å². The molecule has 5 rings (SSSR count). The second-order valence-corrected chi connectivity index (χ2v) is 8.53. The zero-order valence-electron chi connectivity index (χ0n) is 17.9. The minimum Gasteiger partial charge on any atom is -0.382 e. The molecule has 0 unspecified atom stereocenters. The van der Waals surface area contributed by atoms with E-state index in [4.69, 9.17) is 23.1 Å². The van der Waals surface area contributed by atoms with E-state index in [9.17, 15) is 18.8 Å². The number of benzene rings is 1. The SMILES string of the molecule is N#Cc1c(N)nc(N)nc1NCC1(c2nc3c(F)ccc(Cl)c3c(=O)n2-c2cncc(F)c2)CC1. The summed E-state index contributed by atoms with van der Waals surface area (Å²) in [5.74, 6) is -1.31. The lowest BCUT2D eigenvalue weighted by molar-refractivity contribution is 0.605. The number of nitrogens with one attached hydrogen (secondary N) is 1. The molecule has 0 aliphatic heterocycles. The van der Waals surface area contributed by atoms with Crippen LogP contribution in [0.5, 0.6) is 0 Å². The zero-order valence-corrected chi connectivity index (χ0v) is 18.6. The molecule has 3 aromatic heterocycles. The predicted molar refractivity (Wildman–Crippen MR) is 125 cm³/mol. The Balaban J connectivity index is 1.69. The second-order valence-electron chi connectivity index (χ2n) is 8.13. The number of rotatable bonds is 5. The van der Waals surface area contributed by atoms with Crippen LogP contribution in [0.25, 0.3) is 16.6 Å². The molecule has 5 N–H and O–H groups in total. The third kappa shape index (κ3) is 3.75. The van der Waals surface area contributed by atoms with Crippen LogP contribution in [0.1, 0.15) is 24.2 Å². The number of pyridine rings is 1. The summed E-state index contributed by atoms with van der Waals surface area (Å²) in [6.45, 7) is 0.139. The first-order valence-electron chi connectivity index (χ1n) is 10.3. The highest BCUT2D eigenvalue weighted by molar-refractivity contribution is 6.35. The number of nitrogens with two attached hydrogens (primary N) is 2. The Morgan fingerprint density at radius 2 is 1.97 bits per heavy atom. The van der Waals surface area contributed by atoms with Crippen molar-refractivity contribution in [3.05, 3.63) is 69.0 Å². The first-order chi connectivity index (χ1) is 16.7. The van der Waals surface area contributed by atoms with Gasteiger partial charge in [0.05, 0.1) is 28.5 Å². The topological polar surface area (TPSA) is 161 Å². The molecule has 1 aliphatic rings. The maximum atomic E-state index is 14.7. The van der Waals surface area contributed by atoms with Crippen molar-refractivity contribution in [1.29, 1.82) is 5.26 Å². The van der Waals surface area contributed by atoms with Crippen LogP contribution < -0.4 is 22.3 Å². The van der Waals surface area contributed by atoms with Crippen LogP contribution >= 0.6 is 11.6 Å². The molecule has 35 heavy (non-hydrogen) atoms. The lowest BCUT2D eigenvalue weighted by atomic mass is 10.0. The number of aromatic nitrogens is 5. The van der Waals surface area contributed by atoms with E-state index in [1.807, 2.05) is 6.07 Å². The molecule has 1 aromatic carbocycles. The smallest absolute Gasteiger partial charge is 0.267 e. The summed E-state index contributed by atoms with van der Waals surface area (Å²) in [4.78, 5) is 29.7. The Kier molecular flexibility index (Phi) is 5.21. The van der Waals surface area contributed by atoms with Gasteiger partial charge in [-0.3, -0.25) is 14.3 Å². The highest BCUT2D eigenvalue weighted by atomic mass is 35.5. The molecule has 10 nitrogen and oxygen atoms in total. The van der Waals surface area contributed by atoms with Gasteiger partial charge in [-0.1, -0.05) is 11.6 Å². The first-order valence-corrected chi connectivity index (χ1v) is 10.7. The number of hydrogen-bond acceptors (Lipinski definition) is 9. The van der Waals surface area contributed by atoms with Crippen molar-refractivity contribution >= 4 is 40.1 Å². The molecule has 0 amide bonds. The highest BCUT2D eigenvalue weighted by Gasteiger charge is 2.48. The number of fused-ring (bicyclic) bond motifs is 1. The largest absolute Gasteiger partial charge is 0.382 e. The van der Waals surface area contributed by atoms with Crippen LogP contribution in [0.15, 0.2) is 35.4 Å². The average molecular weight is 496 g/mol. The van der Waals surface area contributed by atoms with Gasteiger partial charge in [-0.05, 0) is 25.0 Å². The number of hydrogen-bond donors (Lipinski definition) is 3. The minimum atomic E-state index is -0.782. The summed E-state index contributed by atoms with van der Waals surface area (Å²) in [5.41, 5.74) is 9.92. The fourth-order valence-corrected chi connectivity index (χ4v) is 4.19. The number of halogens is 3. The number of nitriles is 1. The van der Waals surface area contributed by atoms with Crippen molar-refractivity contribution in [2.24, 2.45) is 0 Å². The summed E-state index contributed by atoms with van der Waals surface area (Å²) in [6, 6.07) is 5.44. The molecule has 1 fully saturated rings. The quantitative estimate of drug-likeness (QED) is 0.378. The molecule has 13 heteroatoms. The van der Waals surface area contributed by atoms with Gasteiger partial charge in [0.25, 0.3) is 5.56 Å². The van der Waals surface area contributed by atoms with Crippen molar-refractivity contribution in [2.75, 3.05) is 23.3 Å². The van der Waals surface area contributed by atoms with Gasteiger partial charge in [0.1, 0.15) is 40.4 Å². The molecule has 0 spiro atoms. The average Bonchev–Trinajstić information content (AvgIpc) is 3.60. The van der Waals surface area contributed by atoms with Crippen LogP contribution in [-0.2, 0) is 5.41 Å². The van der Waals surface area contributed by atoms with Crippen LogP contribution in [0, 0.1) is 23.0 Å². The lowest BCUT2D eigenvalue weighted by Gasteiger charge is -2.22. The van der Waals surface area contributed by atoms with Crippen LogP contribution in [-0.4, -0.2) is 31.0 Å². The predicted octanol–water partition coefficient (Wildman–Crippen LogP) is 2.68. The van der Waals surface area contributed by atoms with Crippen molar-refractivity contribution in [2.45, 2.75) is 18.3 Å². The summed E-state index contributed by atoms with van der Waals surface area (Å²) in [5, 5.41) is 12.3. The number of nitrogen functional groups attached to an aromatic ring is 2. The molecule has 0 saturated heterocycles. The van der Waals surface area contributed by atoms with E-state index in [1.165, 1.54) is 16.8 Å². The lowest BCUT2D eigenvalue weighted by Crippen LogP contribution is -2.33. The Hall–Kier alpha value is -4.37. The number of nitrogens with zero attached hydrogens (tertiary/aromatic N) is 6. The standard InChI is InChI=1S/C22H16ClF2N9O/c23-13-1-2-14(25)16-15(13)19(35)34(11-5-10(24)7-29-8-11)20(31-16)22(3-4-22)9-30-18-12(6-26)17(27)32-21(28)33-18/h1-2,5,7-8H,3-4,9H2,(H5,27,28,30,32,33). The maximum Gasteiger partial charge on any atom is 0.267 e. The van der Waals surface area contributed by atoms with Gasteiger partial charge in [0, 0.05) is 18.0 Å². The van der Waals surface area contributed by atoms with Crippen LogP contribution in [0.2, 0.25) is 5.02 Å². The fourth-order valence-electron chi connectivity index (χ4n) is 3.95. The molecule has 1 saturated carbocycles. The van der Waals surface area contributed by atoms with Gasteiger partial charge in [-0.25, -0.2) is 13.8 Å². The summed E-state index contributed by atoms with van der Waals surface area (Å²) in [6.07, 6.45) is 3.41.